The first-order valence-electron chi connectivity index (χ1n) is 9.93. The number of carbonyl (C=O) groups excluding carboxylic acids is 2. The molecule has 1 saturated heterocycles. The molecule has 2 N–H and O–H groups in total. The van der Waals surface area contributed by atoms with E-state index in [0.717, 1.165) is 5.56 Å². The van der Waals surface area contributed by atoms with Crippen LogP contribution < -0.4 is 10.6 Å². The second kappa shape index (κ2) is 8.64. The molecule has 2 aromatic carbocycles. The number of amides is 3. The van der Waals surface area contributed by atoms with Crippen molar-refractivity contribution in [2.75, 3.05) is 18.4 Å². The van der Waals surface area contributed by atoms with Crippen molar-refractivity contribution in [3.8, 4) is 0 Å². The number of anilines is 1. The summed E-state index contributed by atoms with van der Waals surface area (Å²) in [4.78, 5) is 26.9. The van der Waals surface area contributed by atoms with Crippen LogP contribution in [0.3, 0.4) is 0 Å². The molecule has 0 radical (unpaired) electrons. The van der Waals surface area contributed by atoms with Crippen LogP contribution in [0.5, 0.6) is 0 Å². The molecular weight excluding hydrogens is 369 g/mol. The molecule has 0 bridgehead atoms. The predicted octanol–water partition coefficient (Wildman–Crippen LogP) is 4.39. The van der Waals surface area contributed by atoms with Gasteiger partial charge in [0.2, 0.25) is 5.91 Å². The van der Waals surface area contributed by atoms with Gasteiger partial charge < -0.3 is 15.5 Å². The Kier molecular flexibility index (Phi) is 6.20. The zero-order valence-corrected chi connectivity index (χ0v) is 17.2. The molecule has 1 heterocycles. The summed E-state index contributed by atoms with van der Waals surface area (Å²) in [5.74, 6) is -0.335. The highest BCUT2D eigenvalue weighted by Crippen LogP contribution is 2.31. The van der Waals surface area contributed by atoms with Crippen molar-refractivity contribution < 1.29 is 14.0 Å². The first kappa shape index (κ1) is 20.8. The fourth-order valence-corrected chi connectivity index (χ4v) is 3.41. The topological polar surface area (TPSA) is 61.4 Å². The number of aryl methyl sites for hydroxylation is 2. The van der Waals surface area contributed by atoms with Gasteiger partial charge in [-0.2, -0.15) is 0 Å². The van der Waals surface area contributed by atoms with E-state index in [2.05, 4.69) is 10.6 Å². The third-order valence-electron chi connectivity index (χ3n) is 5.70. The smallest absolute Gasteiger partial charge is 0.321 e. The molecule has 3 rings (SSSR count). The lowest BCUT2D eigenvalue weighted by molar-refractivity contribution is -0.132. The third kappa shape index (κ3) is 5.13. The van der Waals surface area contributed by atoms with Crippen LogP contribution >= 0.6 is 0 Å². The molecule has 1 aliphatic rings. The van der Waals surface area contributed by atoms with Gasteiger partial charge in [-0.1, -0.05) is 42.8 Å². The minimum Gasteiger partial charge on any atom is -0.352 e. The van der Waals surface area contributed by atoms with Crippen LogP contribution in [0, 0.1) is 25.1 Å². The van der Waals surface area contributed by atoms with Crippen LogP contribution in [0.2, 0.25) is 0 Å². The molecule has 2 aromatic rings. The van der Waals surface area contributed by atoms with E-state index in [1.807, 2.05) is 38.1 Å². The van der Waals surface area contributed by atoms with Gasteiger partial charge in [-0.15, -0.1) is 0 Å². The summed E-state index contributed by atoms with van der Waals surface area (Å²) >= 11 is 0. The Labute approximate surface area is 171 Å². The number of rotatable bonds is 4. The van der Waals surface area contributed by atoms with Crippen molar-refractivity contribution in [3.63, 3.8) is 0 Å². The molecule has 0 saturated carbocycles. The molecule has 5 nitrogen and oxygen atoms in total. The maximum Gasteiger partial charge on any atom is 0.321 e. The number of nitrogens with one attached hydrogen (secondary N) is 2. The van der Waals surface area contributed by atoms with E-state index in [-0.39, 0.29) is 17.8 Å². The minimum absolute atomic E-state index is 0.0127. The quantitative estimate of drug-likeness (QED) is 0.804. The zero-order valence-electron chi connectivity index (χ0n) is 17.2. The van der Waals surface area contributed by atoms with Crippen molar-refractivity contribution in [1.29, 1.82) is 0 Å². The Bertz CT molecular complexity index is 887. The molecule has 0 spiro atoms. The average Bonchev–Trinajstić information content (AvgIpc) is 2.70. The van der Waals surface area contributed by atoms with Crippen molar-refractivity contribution in [1.82, 2.24) is 10.2 Å². The van der Waals surface area contributed by atoms with Crippen LogP contribution in [-0.2, 0) is 11.3 Å². The van der Waals surface area contributed by atoms with E-state index in [4.69, 9.17) is 0 Å². The number of carbonyl (C=O) groups is 2. The molecule has 0 unspecified atom stereocenters. The van der Waals surface area contributed by atoms with E-state index in [9.17, 15) is 14.0 Å². The van der Waals surface area contributed by atoms with Gasteiger partial charge in [-0.05, 0) is 49.9 Å². The van der Waals surface area contributed by atoms with Crippen LogP contribution in [0.15, 0.2) is 42.5 Å². The van der Waals surface area contributed by atoms with E-state index in [1.54, 1.807) is 24.0 Å². The summed E-state index contributed by atoms with van der Waals surface area (Å²) in [6, 6.07) is 12.5. The Balaban J connectivity index is 1.51. The highest BCUT2D eigenvalue weighted by atomic mass is 19.1. The minimum atomic E-state index is -0.503. The largest absolute Gasteiger partial charge is 0.352 e. The van der Waals surface area contributed by atoms with E-state index in [0.29, 0.717) is 43.7 Å². The second-order valence-electron chi connectivity index (χ2n) is 8.11. The third-order valence-corrected chi connectivity index (χ3v) is 5.70. The molecule has 154 valence electrons. The highest BCUT2D eigenvalue weighted by molar-refractivity contribution is 5.90. The number of piperidine rings is 1. The van der Waals surface area contributed by atoms with E-state index >= 15 is 0 Å². The molecule has 0 aliphatic carbocycles. The number of benzene rings is 2. The number of nitrogens with zero attached hydrogens (tertiary/aromatic N) is 1. The Morgan fingerprint density at radius 1 is 1.07 bits per heavy atom. The lowest BCUT2D eigenvalue weighted by Crippen LogP contribution is -2.49. The van der Waals surface area contributed by atoms with Crippen molar-refractivity contribution in [3.05, 3.63) is 65.0 Å². The maximum atomic E-state index is 13.7. The number of likely N-dealkylation sites (tertiary alicyclic amines) is 1. The fraction of sp³-hybridized carbons (Fsp3) is 0.391. The molecular formula is C23H28FN3O2. The van der Waals surface area contributed by atoms with Crippen LogP contribution in [0.1, 0.15) is 36.5 Å². The molecule has 0 aromatic heterocycles. The Hall–Kier alpha value is -2.89. The molecule has 0 atom stereocenters. The van der Waals surface area contributed by atoms with Gasteiger partial charge in [0.25, 0.3) is 0 Å². The lowest BCUT2D eigenvalue weighted by Gasteiger charge is -2.38. The van der Waals surface area contributed by atoms with Gasteiger partial charge in [0.15, 0.2) is 0 Å². The summed E-state index contributed by atoms with van der Waals surface area (Å²) in [5.41, 5.74) is 2.72. The fourth-order valence-electron chi connectivity index (χ4n) is 3.41. The first-order valence-corrected chi connectivity index (χ1v) is 9.93. The van der Waals surface area contributed by atoms with Gasteiger partial charge in [0, 0.05) is 30.7 Å². The van der Waals surface area contributed by atoms with E-state index in [1.165, 1.54) is 11.6 Å². The summed E-state index contributed by atoms with van der Waals surface area (Å²) in [6.45, 7) is 7.11. The molecule has 1 fully saturated rings. The van der Waals surface area contributed by atoms with Gasteiger partial charge >= 0.3 is 6.03 Å². The van der Waals surface area contributed by atoms with Crippen LogP contribution in [-0.4, -0.2) is 29.9 Å². The molecule has 6 heteroatoms. The summed E-state index contributed by atoms with van der Waals surface area (Å²) < 4.78 is 13.7. The maximum absolute atomic E-state index is 13.7. The summed E-state index contributed by atoms with van der Waals surface area (Å²) in [7, 11) is 0. The standard InChI is InChI=1S/C23H28FN3O2/c1-16-4-7-18(8-5-16)15-25-21(28)23(3)10-12-27(13-11-23)22(29)26-19-9-6-17(2)20(24)14-19/h4-9,14H,10-13,15H2,1-3H3,(H,25,28)(H,26,29). The van der Waals surface area contributed by atoms with Crippen LogP contribution in [0.4, 0.5) is 14.9 Å². The number of urea groups is 1. The second-order valence-corrected chi connectivity index (χ2v) is 8.11. The van der Waals surface area contributed by atoms with Crippen LogP contribution in [0.25, 0.3) is 0 Å². The van der Waals surface area contributed by atoms with Gasteiger partial charge in [-0.3, -0.25) is 4.79 Å². The predicted molar refractivity (Wildman–Crippen MR) is 112 cm³/mol. The first-order chi connectivity index (χ1) is 13.8. The monoisotopic (exact) mass is 397 g/mol. The molecule has 3 amide bonds. The molecule has 1 aliphatic heterocycles. The van der Waals surface area contributed by atoms with Crippen molar-refractivity contribution in [2.45, 2.75) is 40.2 Å². The number of hydrogen-bond acceptors (Lipinski definition) is 2. The van der Waals surface area contributed by atoms with Gasteiger partial charge in [0.05, 0.1) is 0 Å². The lowest BCUT2D eigenvalue weighted by atomic mass is 9.79. The average molecular weight is 397 g/mol. The summed E-state index contributed by atoms with van der Waals surface area (Å²) in [5, 5.41) is 5.76. The van der Waals surface area contributed by atoms with Gasteiger partial charge in [-0.25, -0.2) is 9.18 Å². The normalized spacial score (nSPS) is 15.7. The molecule has 29 heavy (non-hydrogen) atoms. The van der Waals surface area contributed by atoms with Crippen molar-refractivity contribution >= 4 is 17.6 Å². The van der Waals surface area contributed by atoms with E-state index < -0.39 is 5.41 Å². The van der Waals surface area contributed by atoms with Crippen molar-refractivity contribution in [2.24, 2.45) is 5.41 Å². The SMILES string of the molecule is Cc1ccc(CNC(=O)C2(C)CCN(C(=O)Nc3ccc(C)c(F)c3)CC2)cc1. The Morgan fingerprint density at radius 2 is 1.72 bits per heavy atom. The Morgan fingerprint density at radius 3 is 2.34 bits per heavy atom. The number of hydrogen-bond donors (Lipinski definition) is 2. The summed E-state index contributed by atoms with van der Waals surface area (Å²) in [6.07, 6.45) is 1.17. The highest BCUT2D eigenvalue weighted by Gasteiger charge is 2.37. The zero-order chi connectivity index (χ0) is 21.0. The number of halogens is 1. The van der Waals surface area contributed by atoms with Gasteiger partial charge in [0.1, 0.15) is 5.82 Å².